The van der Waals surface area contributed by atoms with Gasteiger partial charge in [0, 0.05) is 5.92 Å². The predicted octanol–water partition coefficient (Wildman–Crippen LogP) is 3.25. The molecule has 1 aromatic rings. The Morgan fingerprint density at radius 1 is 1.25 bits per heavy atom. The summed E-state index contributed by atoms with van der Waals surface area (Å²) in [6.07, 6.45) is -2.07. The van der Waals surface area contributed by atoms with Gasteiger partial charge in [-0.25, -0.2) is 4.79 Å². The average molecular weight is 343 g/mol. The van der Waals surface area contributed by atoms with Gasteiger partial charge in [-0.15, -0.1) is 0 Å². The Balaban J connectivity index is 2.00. The number of carbonyl (C=O) groups is 2. The van der Waals surface area contributed by atoms with Crippen molar-refractivity contribution in [1.29, 1.82) is 0 Å². The van der Waals surface area contributed by atoms with Crippen molar-refractivity contribution in [3.63, 3.8) is 0 Å². The summed E-state index contributed by atoms with van der Waals surface area (Å²) in [4.78, 5) is 23.5. The fourth-order valence-corrected chi connectivity index (χ4v) is 2.62. The molecule has 1 amide bonds. The third kappa shape index (κ3) is 4.72. The van der Waals surface area contributed by atoms with Crippen molar-refractivity contribution >= 4 is 11.9 Å². The Morgan fingerprint density at radius 2 is 1.83 bits per heavy atom. The van der Waals surface area contributed by atoms with Crippen LogP contribution in [0.2, 0.25) is 0 Å². The number of amides is 1. The lowest BCUT2D eigenvalue weighted by molar-refractivity contribution is -0.143. The topological polar surface area (TPSA) is 66.4 Å². The minimum absolute atomic E-state index is 0.0185. The molecule has 2 unspecified atom stereocenters. The molecular formula is C17H20F3NO3. The highest BCUT2D eigenvalue weighted by molar-refractivity contribution is 5.85. The number of hydrogen-bond acceptors (Lipinski definition) is 2. The van der Waals surface area contributed by atoms with Crippen LogP contribution in [-0.4, -0.2) is 23.0 Å². The van der Waals surface area contributed by atoms with E-state index in [9.17, 15) is 22.8 Å². The molecule has 2 rings (SSSR count). The lowest BCUT2D eigenvalue weighted by Crippen LogP contribution is -2.45. The molecule has 0 aliphatic heterocycles. The van der Waals surface area contributed by atoms with E-state index in [4.69, 9.17) is 5.11 Å². The minimum Gasteiger partial charge on any atom is -0.480 e. The highest BCUT2D eigenvalue weighted by Crippen LogP contribution is 2.33. The van der Waals surface area contributed by atoms with Crippen molar-refractivity contribution in [3.05, 3.63) is 35.4 Å². The largest absolute Gasteiger partial charge is 0.480 e. The van der Waals surface area contributed by atoms with Crippen LogP contribution in [0.3, 0.4) is 0 Å². The highest BCUT2D eigenvalue weighted by atomic mass is 19.4. The summed E-state index contributed by atoms with van der Waals surface area (Å²) in [6, 6.07) is 3.82. The van der Waals surface area contributed by atoms with E-state index in [1.165, 1.54) is 12.1 Å². The number of aliphatic carboxylic acids is 1. The van der Waals surface area contributed by atoms with Crippen molar-refractivity contribution in [2.75, 3.05) is 0 Å². The Kier molecular flexibility index (Phi) is 5.51. The molecule has 1 aliphatic carbocycles. The van der Waals surface area contributed by atoms with Crippen molar-refractivity contribution in [2.45, 2.75) is 44.8 Å². The van der Waals surface area contributed by atoms with Gasteiger partial charge in [-0.3, -0.25) is 4.79 Å². The second kappa shape index (κ2) is 7.23. The first-order chi connectivity index (χ1) is 11.2. The zero-order chi connectivity index (χ0) is 17.9. The van der Waals surface area contributed by atoms with E-state index in [1.807, 2.05) is 0 Å². The molecule has 2 atom stereocenters. The average Bonchev–Trinajstić information content (AvgIpc) is 3.34. The Hall–Kier alpha value is -2.05. The molecule has 132 valence electrons. The van der Waals surface area contributed by atoms with Crippen LogP contribution in [0.25, 0.3) is 0 Å². The van der Waals surface area contributed by atoms with Crippen molar-refractivity contribution < 1.29 is 27.9 Å². The molecule has 0 radical (unpaired) electrons. The second-order valence-electron chi connectivity index (χ2n) is 6.17. The summed E-state index contributed by atoms with van der Waals surface area (Å²) < 4.78 is 37.7. The molecule has 24 heavy (non-hydrogen) atoms. The van der Waals surface area contributed by atoms with E-state index >= 15 is 0 Å². The van der Waals surface area contributed by atoms with Crippen molar-refractivity contribution in [1.82, 2.24) is 5.32 Å². The summed E-state index contributed by atoms with van der Waals surface area (Å²) in [7, 11) is 0. The van der Waals surface area contributed by atoms with E-state index < -0.39 is 29.7 Å². The molecule has 2 N–H and O–H groups in total. The van der Waals surface area contributed by atoms with Gasteiger partial charge >= 0.3 is 12.1 Å². The predicted molar refractivity (Wildman–Crippen MR) is 81.2 cm³/mol. The summed E-state index contributed by atoms with van der Waals surface area (Å²) >= 11 is 0. The number of carboxylic acid groups (broad SMARTS) is 1. The molecule has 7 heteroatoms. The lowest BCUT2D eigenvalue weighted by Gasteiger charge is -2.19. The summed E-state index contributed by atoms with van der Waals surface area (Å²) in [5.41, 5.74) is -0.119. The zero-order valence-corrected chi connectivity index (χ0v) is 13.3. The number of hydrogen-bond donors (Lipinski definition) is 2. The molecule has 1 aromatic carbocycles. The quantitative estimate of drug-likeness (QED) is 0.799. The highest BCUT2D eigenvalue weighted by Gasteiger charge is 2.38. The van der Waals surface area contributed by atoms with E-state index in [1.54, 1.807) is 6.92 Å². The summed E-state index contributed by atoms with van der Waals surface area (Å²) in [6.45, 7) is 1.79. The molecule has 0 heterocycles. The SMILES string of the molecule is CCC(Cc1ccc(C(F)(F)F)cc1)C(=O)NC(C(=O)O)C1CC1. The number of carbonyl (C=O) groups excluding carboxylic acids is 1. The summed E-state index contributed by atoms with van der Waals surface area (Å²) in [5, 5.41) is 11.7. The van der Waals surface area contributed by atoms with Gasteiger partial charge in [0.1, 0.15) is 6.04 Å². The fourth-order valence-electron chi connectivity index (χ4n) is 2.62. The van der Waals surface area contributed by atoms with Crippen LogP contribution >= 0.6 is 0 Å². The van der Waals surface area contributed by atoms with Gasteiger partial charge in [0.15, 0.2) is 0 Å². The Labute approximate surface area is 138 Å². The maximum Gasteiger partial charge on any atom is 0.416 e. The lowest BCUT2D eigenvalue weighted by atomic mass is 9.95. The van der Waals surface area contributed by atoms with Gasteiger partial charge in [0.25, 0.3) is 0 Å². The standard InChI is InChI=1S/C17H20F3NO3/c1-2-11(15(22)21-14(16(23)24)12-5-6-12)9-10-3-7-13(8-4-10)17(18,19)20/h3-4,7-8,11-12,14H,2,5-6,9H2,1H3,(H,21,22)(H,23,24). The molecule has 0 bridgehead atoms. The number of nitrogens with one attached hydrogen (secondary N) is 1. The van der Waals surface area contributed by atoms with Gasteiger partial charge in [-0.1, -0.05) is 19.1 Å². The van der Waals surface area contributed by atoms with Crippen molar-refractivity contribution in [2.24, 2.45) is 11.8 Å². The minimum atomic E-state index is -4.39. The normalized spacial score (nSPS) is 17.2. The van der Waals surface area contributed by atoms with Gasteiger partial charge in [0.05, 0.1) is 5.56 Å². The van der Waals surface area contributed by atoms with Gasteiger partial charge in [-0.2, -0.15) is 13.2 Å². The van der Waals surface area contributed by atoms with Crippen molar-refractivity contribution in [3.8, 4) is 0 Å². The van der Waals surface area contributed by atoms with Crippen LogP contribution in [0, 0.1) is 11.8 Å². The molecule has 0 spiro atoms. The molecule has 1 aliphatic rings. The van der Waals surface area contributed by atoms with Gasteiger partial charge in [-0.05, 0) is 49.3 Å². The maximum absolute atomic E-state index is 12.6. The van der Waals surface area contributed by atoms with Crippen LogP contribution < -0.4 is 5.32 Å². The molecule has 1 fully saturated rings. The number of alkyl halides is 3. The first-order valence-electron chi connectivity index (χ1n) is 7.91. The first kappa shape index (κ1) is 18.3. The van der Waals surface area contributed by atoms with Crippen LogP contribution in [0.4, 0.5) is 13.2 Å². The van der Waals surface area contributed by atoms with E-state index in [2.05, 4.69) is 5.32 Å². The monoisotopic (exact) mass is 343 g/mol. The van der Waals surface area contributed by atoms with Crippen LogP contribution in [-0.2, 0) is 22.2 Å². The zero-order valence-electron chi connectivity index (χ0n) is 13.3. The molecule has 0 aromatic heterocycles. The number of benzene rings is 1. The summed E-state index contributed by atoms with van der Waals surface area (Å²) in [5.74, 6) is -1.90. The van der Waals surface area contributed by atoms with E-state index in [0.717, 1.165) is 25.0 Å². The van der Waals surface area contributed by atoms with Crippen LogP contribution in [0.1, 0.15) is 37.3 Å². The number of halogens is 3. The van der Waals surface area contributed by atoms with Gasteiger partial charge in [0.2, 0.25) is 5.91 Å². The van der Waals surface area contributed by atoms with Crippen LogP contribution in [0.5, 0.6) is 0 Å². The van der Waals surface area contributed by atoms with Gasteiger partial charge < -0.3 is 10.4 Å². The first-order valence-corrected chi connectivity index (χ1v) is 7.91. The molecule has 1 saturated carbocycles. The fraction of sp³-hybridized carbons (Fsp3) is 0.529. The third-order valence-electron chi connectivity index (χ3n) is 4.28. The van der Waals surface area contributed by atoms with Crippen LogP contribution in [0.15, 0.2) is 24.3 Å². The van der Waals surface area contributed by atoms with E-state index in [-0.39, 0.29) is 18.2 Å². The molecule has 4 nitrogen and oxygen atoms in total. The maximum atomic E-state index is 12.6. The number of rotatable bonds is 7. The Morgan fingerprint density at radius 3 is 2.25 bits per heavy atom. The Bertz CT molecular complexity index is 594. The second-order valence-corrected chi connectivity index (χ2v) is 6.17. The smallest absolute Gasteiger partial charge is 0.416 e. The third-order valence-corrected chi connectivity index (χ3v) is 4.28. The number of carboxylic acids is 1. The molecule has 0 saturated heterocycles. The van der Waals surface area contributed by atoms with E-state index in [0.29, 0.717) is 12.0 Å². The molecular weight excluding hydrogens is 323 g/mol.